The van der Waals surface area contributed by atoms with Crippen molar-refractivity contribution in [2.24, 2.45) is 7.05 Å². The Morgan fingerprint density at radius 2 is 1.91 bits per heavy atom. The van der Waals surface area contributed by atoms with Crippen molar-refractivity contribution in [3.8, 4) is 5.75 Å². The predicted octanol–water partition coefficient (Wildman–Crippen LogP) is 5.10. The number of rotatable bonds is 8. The van der Waals surface area contributed by atoms with E-state index in [9.17, 15) is 9.18 Å². The summed E-state index contributed by atoms with van der Waals surface area (Å²) in [6, 6.07) is 14.9. The van der Waals surface area contributed by atoms with E-state index < -0.39 is 17.5 Å². The Labute approximate surface area is 196 Å². The maximum Gasteiger partial charge on any atom is 0.277 e. The number of aryl methyl sites for hydroxylation is 1. The van der Waals surface area contributed by atoms with Crippen LogP contribution in [0.2, 0.25) is 0 Å². The van der Waals surface area contributed by atoms with Gasteiger partial charge in [-0.3, -0.25) is 9.63 Å². The lowest BCUT2D eigenvalue weighted by Gasteiger charge is -2.15. The second-order valence-corrected chi connectivity index (χ2v) is 7.94. The Kier molecular flexibility index (Phi) is 6.85. The molecule has 3 aromatic carbocycles. The normalized spacial score (nSPS) is 10.9. The molecule has 1 aromatic heterocycles. The summed E-state index contributed by atoms with van der Waals surface area (Å²) < 4.78 is 37.3. The van der Waals surface area contributed by atoms with Gasteiger partial charge in [-0.1, -0.05) is 34.1 Å². The molecule has 0 atom stereocenters. The summed E-state index contributed by atoms with van der Waals surface area (Å²) in [4.78, 5) is 22.1. The molecule has 0 aliphatic carbocycles. The highest BCUT2D eigenvalue weighted by molar-refractivity contribution is 9.10. The average molecular weight is 517 g/mol. The second kappa shape index (κ2) is 9.97. The number of nitrogens with one attached hydrogen (secondary N) is 2. The fourth-order valence-electron chi connectivity index (χ4n) is 3.14. The van der Waals surface area contributed by atoms with E-state index in [0.717, 1.165) is 0 Å². The summed E-state index contributed by atoms with van der Waals surface area (Å²) in [5, 5.41) is 2.68. The molecule has 7 nitrogen and oxygen atoms in total. The molecule has 2 N–H and O–H groups in total. The summed E-state index contributed by atoms with van der Waals surface area (Å²) >= 11 is 3.18. The molecule has 0 aliphatic rings. The fourth-order valence-corrected chi connectivity index (χ4v) is 3.47. The number of nitrogens with zero attached hydrogens (tertiary/aromatic N) is 2. The fraction of sp³-hybridized carbons (Fsp3) is 0.130. The van der Waals surface area contributed by atoms with Crippen LogP contribution in [0.1, 0.15) is 10.4 Å². The highest BCUT2D eigenvalue weighted by atomic mass is 79.9. The highest BCUT2D eigenvalue weighted by Crippen LogP contribution is 2.32. The molecule has 4 rings (SSSR count). The Hall–Kier alpha value is -3.50. The molecule has 33 heavy (non-hydrogen) atoms. The second-order valence-electron chi connectivity index (χ2n) is 7.03. The molecule has 0 aliphatic heterocycles. The number of aromatic nitrogens is 2. The Balaban J connectivity index is 1.53. The first-order valence-electron chi connectivity index (χ1n) is 9.89. The zero-order chi connectivity index (χ0) is 23.4. The van der Waals surface area contributed by atoms with Crippen LogP contribution in [0.3, 0.4) is 0 Å². The molecule has 0 saturated carbocycles. The first-order valence-corrected chi connectivity index (χ1v) is 10.7. The zero-order valence-corrected chi connectivity index (χ0v) is 19.0. The third-order valence-corrected chi connectivity index (χ3v) is 5.25. The topological polar surface area (TPSA) is 77.4 Å². The number of para-hydroxylation sites is 1. The van der Waals surface area contributed by atoms with Crippen molar-refractivity contribution in [2.45, 2.75) is 0 Å². The summed E-state index contributed by atoms with van der Waals surface area (Å²) in [6.45, 7) is 0.246. The Bertz CT molecular complexity index is 1300. The van der Waals surface area contributed by atoms with Crippen molar-refractivity contribution < 1.29 is 23.1 Å². The smallest absolute Gasteiger partial charge is 0.277 e. The third kappa shape index (κ3) is 5.12. The van der Waals surface area contributed by atoms with Crippen LogP contribution in [-0.4, -0.2) is 28.7 Å². The van der Waals surface area contributed by atoms with Crippen LogP contribution in [0.25, 0.3) is 11.0 Å². The molecule has 1 heterocycles. The molecule has 0 fully saturated rings. The SMILES string of the molecule is Cn1cnc2c(F)c(Nc3ccc(Br)cc3F)c(C(=O)NOCCOc3ccccc3)cc21. The maximum absolute atomic E-state index is 15.3. The van der Waals surface area contributed by atoms with Crippen LogP contribution >= 0.6 is 15.9 Å². The van der Waals surface area contributed by atoms with Crippen LogP contribution in [0.15, 0.2) is 65.4 Å². The van der Waals surface area contributed by atoms with Gasteiger partial charge in [-0.05, 0) is 36.4 Å². The number of carbonyl (C=O) groups excluding carboxylic acids is 1. The van der Waals surface area contributed by atoms with E-state index >= 15 is 4.39 Å². The van der Waals surface area contributed by atoms with E-state index in [1.807, 2.05) is 18.2 Å². The lowest BCUT2D eigenvalue weighted by atomic mass is 10.1. The van der Waals surface area contributed by atoms with Crippen LogP contribution in [0.5, 0.6) is 5.75 Å². The minimum Gasteiger partial charge on any atom is -0.491 e. The molecular weight excluding hydrogens is 498 g/mol. The molecule has 1 amide bonds. The quantitative estimate of drug-likeness (QED) is 0.251. The number of carbonyl (C=O) groups is 1. The van der Waals surface area contributed by atoms with Gasteiger partial charge in [-0.15, -0.1) is 0 Å². The Morgan fingerprint density at radius 1 is 1.12 bits per heavy atom. The summed E-state index contributed by atoms with van der Waals surface area (Å²) in [7, 11) is 1.68. The van der Waals surface area contributed by atoms with Crippen LogP contribution in [0, 0.1) is 11.6 Å². The number of hydrogen-bond donors (Lipinski definition) is 2. The lowest BCUT2D eigenvalue weighted by Crippen LogP contribution is -2.27. The van der Waals surface area contributed by atoms with Crippen molar-refractivity contribution in [3.05, 3.63) is 82.6 Å². The van der Waals surface area contributed by atoms with E-state index in [2.05, 4.69) is 31.7 Å². The number of anilines is 2. The molecule has 0 spiro atoms. The van der Waals surface area contributed by atoms with Gasteiger partial charge in [0.1, 0.15) is 30.3 Å². The van der Waals surface area contributed by atoms with Crippen LogP contribution < -0.4 is 15.5 Å². The molecule has 0 saturated heterocycles. The van der Waals surface area contributed by atoms with Crippen molar-refractivity contribution in [3.63, 3.8) is 0 Å². The van der Waals surface area contributed by atoms with E-state index in [4.69, 9.17) is 9.57 Å². The largest absolute Gasteiger partial charge is 0.491 e. The molecule has 0 bridgehead atoms. The number of hydrogen-bond acceptors (Lipinski definition) is 5. The molecule has 10 heteroatoms. The Morgan fingerprint density at radius 3 is 2.67 bits per heavy atom. The summed E-state index contributed by atoms with van der Waals surface area (Å²) in [5.74, 6) is -1.45. The van der Waals surface area contributed by atoms with Crippen molar-refractivity contribution >= 4 is 44.2 Å². The molecule has 0 radical (unpaired) electrons. The van der Waals surface area contributed by atoms with Crippen LogP contribution in [-0.2, 0) is 11.9 Å². The first kappa shape index (κ1) is 22.7. The average Bonchev–Trinajstić information content (AvgIpc) is 3.18. The van der Waals surface area contributed by atoms with Gasteiger partial charge in [0.05, 0.1) is 28.8 Å². The van der Waals surface area contributed by atoms with E-state index in [0.29, 0.717) is 15.7 Å². The minimum absolute atomic E-state index is 0.00129. The van der Waals surface area contributed by atoms with Crippen molar-refractivity contribution in [2.75, 3.05) is 18.5 Å². The minimum atomic E-state index is -0.784. The monoisotopic (exact) mass is 516 g/mol. The zero-order valence-electron chi connectivity index (χ0n) is 17.4. The predicted molar refractivity (Wildman–Crippen MR) is 123 cm³/mol. The molecule has 0 unspecified atom stereocenters. The van der Waals surface area contributed by atoms with Gasteiger partial charge >= 0.3 is 0 Å². The van der Waals surface area contributed by atoms with Gasteiger partial charge in [0.25, 0.3) is 5.91 Å². The molecule has 4 aromatic rings. The summed E-state index contributed by atoms with van der Waals surface area (Å²) in [5.41, 5.74) is 2.43. The van der Waals surface area contributed by atoms with Crippen molar-refractivity contribution in [1.29, 1.82) is 0 Å². The van der Waals surface area contributed by atoms with Crippen molar-refractivity contribution in [1.82, 2.24) is 15.0 Å². The van der Waals surface area contributed by atoms with Crippen LogP contribution in [0.4, 0.5) is 20.2 Å². The number of ether oxygens (including phenoxy) is 1. The van der Waals surface area contributed by atoms with Gasteiger partial charge in [-0.25, -0.2) is 19.2 Å². The number of imidazole rings is 1. The standard InChI is InChI=1S/C23H19BrF2N4O3/c1-30-13-27-22-19(30)12-16(21(20(22)26)28-18-8-7-14(24)11-17(18)25)23(31)29-33-10-9-32-15-5-3-2-4-6-15/h2-8,11-13,28H,9-10H2,1H3,(H,29,31). The van der Waals surface area contributed by atoms with E-state index in [1.165, 1.54) is 24.5 Å². The van der Waals surface area contributed by atoms with Gasteiger partial charge in [0, 0.05) is 11.5 Å². The highest BCUT2D eigenvalue weighted by Gasteiger charge is 2.22. The van der Waals surface area contributed by atoms with Gasteiger partial charge in [-0.2, -0.15) is 0 Å². The van der Waals surface area contributed by atoms with Gasteiger partial charge in [0.2, 0.25) is 0 Å². The van der Waals surface area contributed by atoms with E-state index in [-0.39, 0.29) is 35.7 Å². The number of benzene rings is 3. The maximum atomic E-state index is 15.3. The van der Waals surface area contributed by atoms with E-state index in [1.54, 1.807) is 29.8 Å². The number of halogens is 3. The first-order chi connectivity index (χ1) is 15.9. The summed E-state index contributed by atoms with van der Waals surface area (Å²) in [6.07, 6.45) is 1.43. The van der Waals surface area contributed by atoms with Gasteiger partial charge < -0.3 is 14.6 Å². The molecule has 170 valence electrons. The lowest BCUT2D eigenvalue weighted by molar-refractivity contribution is 0.0201. The number of amides is 1. The number of hydroxylamine groups is 1. The van der Waals surface area contributed by atoms with Gasteiger partial charge in [0.15, 0.2) is 5.82 Å². The molecular formula is C23H19BrF2N4O3. The third-order valence-electron chi connectivity index (χ3n) is 4.76. The number of fused-ring (bicyclic) bond motifs is 1.